The van der Waals surface area contributed by atoms with Crippen molar-refractivity contribution < 1.29 is 33.8 Å². The van der Waals surface area contributed by atoms with Crippen LogP contribution in [0.4, 0.5) is 21.0 Å². The van der Waals surface area contributed by atoms with Crippen molar-refractivity contribution in [1.29, 1.82) is 0 Å². The summed E-state index contributed by atoms with van der Waals surface area (Å²) in [6, 6.07) is 10.3. The van der Waals surface area contributed by atoms with E-state index in [1.807, 2.05) is 37.3 Å². The van der Waals surface area contributed by atoms with E-state index >= 15 is 0 Å². The van der Waals surface area contributed by atoms with Crippen LogP contribution in [0.1, 0.15) is 24.0 Å². The average Bonchev–Trinajstić information content (AvgIpc) is 2.90. The highest BCUT2D eigenvalue weighted by Crippen LogP contribution is 2.26. The van der Waals surface area contributed by atoms with Gasteiger partial charge in [0.1, 0.15) is 17.6 Å². The number of benzene rings is 2. The molecule has 13 nitrogen and oxygen atoms in total. The minimum absolute atomic E-state index is 0.0406. The van der Waals surface area contributed by atoms with Crippen molar-refractivity contribution in [3.63, 3.8) is 0 Å². The van der Waals surface area contributed by atoms with E-state index in [2.05, 4.69) is 21.3 Å². The number of aryl methyl sites for hydroxylation is 2. The summed E-state index contributed by atoms with van der Waals surface area (Å²) < 4.78 is 5.41. The third-order valence-corrected chi connectivity index (χ3v) is 5.91. The summed E-state index contributed by atoms with van der Waals surface area (Å²) in [5.41, 5.74) is 8.10. The van der Waals surface area contributed by atoms with Crippen LogP contribution in [0, 0.1) is 6.92 Å². The van der Waals surface area contributed by atoms with Crippen molar-refractivity contribution in [2.24, 2.45) is 5.73 Å². The number of carboxylic acid groups (broad SMARTS) is 1. The number of aliphatic carboxylic acids is 1. The van der Waals surface area contributed by atoms with Gasteiger partial charge in [0.15, 0.2) is 0 Å². The van der Waals surface area contributed by atoms with Gasteiger partial charge in [-0.2, -0.15) is 0 Å². The van der Waals surface area contributed by atoms with Crippen molar-refractivity contribution in [1.82, 2.24) is 15.5 Å². The van der Waals surface area contributed by atoms with Crippen LogP contribution in [0.25, 0.3) is 0 Å². The fourth-order valence-corrected chi connectivity index (χ4v) is 3.59. The lowest BCUT2D eigenvalue weighted by Crippen LogP contribution is -2.50. The number of hydrogen-bond donors (Lipinski definition) is 6. The van der Waals surface area contributed by atoms with Crippen molar-refractivity contribution in [3.05, 3.63) is 53.6 Å². The molecule has 0 heterocycles. The van der Waals surface area contributed by atoms with Crippen LogP contribution in [0.3, 0.4) is 0 Å². The lowest BCUT2D eigenvalue weighted by molar-refractivity contribution is -0.139. The number of hydrogen-bond acceptors (Lipinski definition) is 7. The van der Waals surface area contributed by atoms with E-state index in [1.54, 1.807) is 12.1 Å². The molecule has 2 aromatic rings. The molecule has 0 spiro atoms. The molecule has 1 unspecified atom stereocenters. The summed E-state index contributed by atoms with van der Waals surface area (Å²) >= 11 is 0. The first kappa shape index (κ1) is 31.6. The number of primary amides is 1. The number of carbonyl (C=O) groups excluding carboxylic acids is 4. The lowest BCUT2D eigenvalue weighted by Gasteiger charge is -2.21. The number of para-hydroxylation sites is 1. The molecule has 2 aromatic carbocycles. The van der Waals surface area contributed by atoms with E-state index in [1.165, 1.54) is 19.1 Å². The van der Waals surface area contributed by atoms with Crippen LogP contribution >= 0.6 is 0 Å². The number of methoxy groups -OCH3 is 1. The van der Waals surface area contributed by atoms with Crippen LogP contribution in [0.2, 0.25) is 0 Å². The van der Waals surface area contributed by atoms with Crippen molar-refractivity contribution in [3.8, 4) is 5.75 Å². The number of amides is 5. The first-order chi connectivity index (χ1) is 19.0. The van der Waals surface area contributed by atoms with Crippen LogP contribution in [0.5, 0.6) is 5.75 Å². The van der Waals surface area contributed by atoms with E-state index in [9.17, 15) is 24.0 Å². The second-order valence-electron chi connectivity index (χ2n) is 9.07. The number of nitrogens with zero attached hydrogens (tertiary/aromatic N) is 1. The van der Waals surface area contributed by atoms with E-state index in [4.69, 9.17) is 15.6 Å². The van der Waals surface area contributed by atoms with Crippen molar-refractivity contribution in [2.75, 3.05) is 44.4 Å². The molecule has 0 aliphatic heterocycles. The molecule has 0 aliphatic carbocycles. The molecule has 0 aliphatic rings. The second-order valence-corrected chi connectivity index (χ2v) is 9.07. The molecule has 2 rings (SSSR count). The van der Waals surface area contributed by atoms with Gasteiger partial charge in [0, 0.05) is 32.2 Å². The largest absolute Gasteiger partial charge is 0.495 e. The Hall–Kier alpha value is -4.65. The number of Topliss-reactive ketones (excluding diaryl/α,β-unsaturated/α-hetero) is 1. The minimum Gasteiger partial charge on any atom is -0.495 e. The average molecular weight is 557 g/mol. The normalized spacial score (nSPS) is 11.2. The van der Waals surface area contributed by atoms with E-state index in [0.717, 1.165) is 11.1 Å². The summed E-state index contributed by atoms with van der Waals surface area (Å²) in [6.45, 7) is 2.50. The van der Waals surface area contributed by atoms with E-state index in [0.29, 0.717) is 30.1 Å². The van der Waals surface area contributed by atoms with Gasteiger partial charge in [-0.3, -0.25) is 14.4 Å². The molecule has 0 bridgehead atoms. The van der Waals surface area contributed by atoms with Crippen LogP contribution in [0.15, 0.2) is 42.5 Å². The standard InChI is InChI=1S/C27H36N6O7/c1-17-6-4-5-7-20(17)30-26(38)31-21-11-9-18(14-23(21)40-3)8-10-19(34)16-29-12-13-33(2)27(39)32-22(25(28)37)15-24(35)36/h4-7,9,11,14,22,29H,8,10,12-13,15-16H2,1-3H3,(H2,28,37)(H,32,39)(H,35,36)(H2,30,31,38). The van der Waals surface area contributed by atoms with Gasteiger partial charge in [0.25, 0.3) is 0 Å². The first-order valence-corrected chi connectivity index (χ1v) is 12.6. The van der Waals surface area contributed by atoms with E-state index < -0.39 is 36.4 Å². The van der Waals surface area contributed by atoms with Gasteiger partial charge in [0.05, 0.1) is 25.8 Å². The highest BCUT2D eigenvalue weighted by Gasteiger charge is 2.22. The Morgan fingerprint density at radius 3 is 2.40 bits per heavy atom. The van der Waals surface area contributed by atoms with Gasteiger partial charge in [-0.15, -0.1) is 0 Å². The van der Waals surface area contributed by atoms with Crippen LogP contribution in [-0.2, 0) is 20.8 Å². The van der Waals surface area contributed by atoms with Gasteiger partial charge in [0.2, 0.25) is 5.91 Å². The number of ether oxygens (including phenoxy) is 1. The quantitative estimate of drug-likeness (QED) is 0.179. The number of ketones is 1. The lowest BCUT2D eigenvalue weighted by atomic mass is 10.1. The Kier molecular flexibility index (Phi) is 12.4. The number of rotatable bonds is 15. The Labute approximate surface area is 232 Å². The smallest absolute Gasteiger partial charge is 0.323 e. The molecular weight excluding hydrogens is 520 g/mol. The van der Waals surface area contributed by atoms with Gasteiger partial charge in [-0.05, 0) is 42.7 Å². The molecule has 40 heavy (non-hydrogen) atoms. The Morgan fingerprint density at radius 2 is 1.75 bits per heavy atom. The summed E-state index contributed by atoms with van der Waals surface area (Å²) in [5, 5.41) is 19.6. The maximum atomic E-state index is 12.4. The molecule has 1 atom stereocenters. The zero-order valence-electron chi connectivity index (χ0n) is 22.8. The Balaban J connectivity index is 1.75. The monoisotopic (exact) mass is 556 g/mol. The maximum absolute atomic E-state index is 12.4. The molecule has 0 radical (unpaired) electrons. The van der Waals surface area contributed by atoms with Gasteiger partial charge in [-0.1, -0.05) is 24.3 Å². The molecule has 13 heteroatoms. The van der Waals surface area contributed by atoms with Crippen LogP contribution < -0.4 is 31.7 Å². The van der Waals surface area contributed by atoms with E-state index in [-0.39, 0.29) is 25.3 Å². The first-order valence-electron chi connectivity index (χ1n) is 12.6. The summed E-state index contributed by atoms with van der Waals surface area (Å²) in [7, 11) is 2.96. The number of carboxylic acids is 1. The number of nitrogens with one attached hydrogen (secondary N) is 4. The van der Waals surface area contributed by atoms with Gasteiger partial charge >= 0.3 is 18.0 Å². The third kappa shape index (κ3) is 10.6. The fraction of sp³-hybridized carbons (Fsp3) is 0.370. The van der Waals surface area contributed by atoms with Gasteiger partial charge < -0.3 is 41.7 Å². The zero-order valence-corrected chi connectivity index (χ0v) is 22.8. The highest BCUT2D eigenvalue weighted by atomic mass is 16.5. The predicted octanol–water partition coefficient (Wildman–Crippen LogP) is 1.71. The molecule has 0 saturated carbocycles. The second kappa shape index (κ2) is 15.7. The molecular formula is C27H36N6O7. The van der Waals surface area contributed by atoms with Crippen molar-refractivity contribution >= 4 is 41.1 Å². The third-order valence-electron chi connectivity index (χ3n) is 5.91. The minimum atomic E-state index is -1.32. The summed E-state index contributed by atoms with van der Waals surface area (Å²) in [6.07, 6.45) is 0.117. The Bertz CT molecular complexity index is 1220. The maximum Gasteiger partial charge on any atom is 0.323 e. The number of carbonyl (C=O) groups is 5. The SMILES string of the molecule is COc1cc(CCC(=O)CNCCN(C)C(=O)NC(CC(=O)O)C(N)=O)ccc1NC(=O)Nc1ccccc1C. The number of anilines is 2. The Morgan fingerprint density at radius 1 is 1.05 bits per heavy atom. The molecule has 216 valence electrons. The van der Waals surface area contributed by atoms with Crippen molar-refractivity contribution in [2.45, 2.75) is 32.2 Å². The zero-order chi connectivity index (χ0) is 29.7. The molecule has 0 fully saturated rings. The number of likely N-dealkylation sites (N-methyl/N-ethyl adjacent to an activating group) is 1. The number of nitrogens with two attached hydrogens (primary N) is 1. The highest BCUT2D eigenvalue weighted by molar-refractivity contribution is 6.01. The molecule has 0 saturated heterocycles. The number of urea groups is 2. The molecule has 5 amide bonds. The van der Waals surface area contributed by atoms with Crippen LogP contribution in [-0.4, -0.2) is 79.6 Å². The molecule has 7 N–H and O–H groups in total. The topological polar surface area (TPSA) is 192 Å². The fourth-order valence-electron chi connectivity index (χ4n) is 3.59. The molecule has 0 aromatic heterocycles. The summed E-state index contributed by atoms with van der Waals surface area (Å²) in [5.74, 6) is -1.79. The predicted molar refractivity (Wildman–Crippen MR) is 149 cm³/mol. The summed E-state index contributed by atoms with van der Waals surface area (Å²) in [4.78, 5) is 60.2. The van der Waals surface area contributed by atoms with Gasteiger partial charge in [-0.25, -0.2) is 9.59 Å².